The maximum absolute atomic E-state index is 12.7. The molecule has 0 fully saturated rings. The Morgan fingerprint density at radius 3 is 2.70 bits per heavy atom. The molecule has 0 unspecified atom stereocenters. The van der Waals surface area contributed by atoms with E-state index in [4.69, 9.17) is 5.02 Å². The van der Waals surface area contributed by atoms with Crippen molar-refractivity contribution in [3.63, 3.8) is 0 Å². The standard InChI is InChI=1S/C7H8BFO/c1-5-2-3-6(8-10)4-7(5)9/h2-4,8,10H,1H3. The van der Waals surface area contributed by atoms with Gasteiger partial charge in [-0.05, 0) is 18.6 Å². The fraction of sp³-hybridized carbons (Fsp3) is 0.143. The van der Waals surface area contributed by atoms with E-state index in [0.717, 1.165) is 0 Å². The average Bonchev–Trinajstić information content (AvgIpc) is 1.95. The van der Waals surface area contributed by atoms with Crippen molar-refractivity contribution in [1.82, 2.24) is 0 Å². The van der Waals surface area contributed by atoms with Crippen LogP contribution >= 0.6 is 0 Å². The number of benzene rings is 1. The van der Waals surface area contributed by atoms with Gasteiger partial charge < -0.3 is 5.02 Å². The Balaban J connectivity index is 3.04. The Hall–Kier alpha value is -0.825. The van der Waals surface area contributed by atoms with Crippen molar-refractivity contribution in [2.45, 2.75) is 6.92 Å². The normalized spacial score (nSPS) is 9.50. The molecule has 0 saturated carbocycles. The summed E-state index contributed by atoms with van der Waals surface area (Å²) in [4.78, 5) is 0. The van der Waals surface area contributed by atoms with Gasteiger partial charge in [0.15, 0.2) is 0 Å². The molecule has 1 aromatic carbocycles. The summed E-state index contributed by atoms with van der Waals surface area (Å²) in [6.45, 7) is 1.69. The van der Waals surface area contributed by atoms with Gasteiger partial charge >= 0.3 is 7.48 Å². The molecule has 1 N–H and O–H groups in total. The minimum absolute atomic E-state index is 0.100. The summed E-state index contributed by atoms with van der Waals surface area (Å²) in [5.74, 6) is -0.258. The molecule has 0 saturated heterocycles. The second-order valence-electron chi connectivity index (χ2n) is 2.24. The quantitative estimate of drug-likeness (QED) is 0.545. The predicted molar refractivity (Wildman–Crippen MR) is 40.1 cm³/mol. The molecule has 1 rings (SSSR count). The molecule has 3 heteroatoms. The van der Waals surface area contributed by atoms with Crippen molar-refractivity contribution in [1.29, 1.82) is 0 Å². The van der Waals surface area contributed by atoms with Crippen LogP contribution in [0.25, 0.3) is 0 Å². The third-order valence-corrected chi connectivity index (χ3v) is 1.42. The summed E-state index contributed by atoms with van der Waals surface area (Å²) in [7, 11) is -0.100. The Morgan fingerprint density at radius 2 is 2.20 bits per heavy atom. The molecular formula is C7H8BFO. The topological polar surface area (TPSA) is 20.2 Å². The van der Waals surface area contributed by atoms with Crippen LogP contribution in [0.15, 0.2) is 18.2 Å². The maximum Gasteiger partial charge on any atom is 0.304 e. The van der Waals surface area contributed by atoms with E-state index in [9.17, 15) is 4.39 Å². The zero-order chi connectivity index (χ0) is 7.56. The highest BCUT2D eigenvalue weighted by Crippen LogP contribution is 2.00. The summed E-state index contributed by atoms with van der Waals surface area (Å²) in [6, 6.07) is 4.70. The minimum Gasteiger partial charge on any atom is -0.449 e. The van der Waals surface area contributed by atoms with Crippen molar-refractivity contribution in [3.05, 3.63) is 29.6 Å². The van der Waals surface area contributed by atoms with Crippen LogP contribution in [-0.4, -0.2) is 12.5 Å². The molecule has 0 aliphatic rings. The van der Waals surface area contributed by atoms with Crippen LogP contribution in [0, 0.1) is 12.7 Å². The van der Waals surface area contributed by atoms with E-state index in [1.165, 1.54) is 6.07 Å². The minimum atomic E-state index is -0.258. The van der Waals surface area contributed by atoms with E-state index in [1.54, 1.807) is 19.1 Å². The molecule has 10 heavy (non-hydrogen) atoms. The molecule has 0 atom stereocenters. The molecule has 52 valence electrons. The first-order valence-electron chi connectivity index (χ1n) is 3.10. The van der Waals surface area contributed by atoms with Crippen molar-refractivity contribution in [2.24, 2.45) is 0 Å². The third-order valence-electron chi connectivity index (χ3n) is 1.42. The highest BCUT2D eigenvalue weighted by Gasteiger charge is 1.97. The number of halogens is 1. The second-order valence-corrected chi connectivity index (χ2v) is 2.24. The van der Waals surface area contributed by atoms with E-state index in [0.29, 0.717) is 11.0 Å². The highest BCUT2D eigenvalue weighted by molar-refractivity contribution is 6.45. The fourth-order valence-electron chi connectivity index (χ4n) is 0.735. The fourth-order valence-corrected chi connectivity index (χ4v) is 0.735. The lowest BCUT2D eigenvalue weighted by molar-refractivity contribution is 0.609. The lowest BCUT2D eigenvalue weighted by Gasteiger charge is -1.96. The maximum atomic E-state index is 12.7. The van der Waals surface area contributed by atoms with Gasteiger partial charge in [0, 0.05) is 0 Å². The van der Waals surface area contributed by atoms with Crippen LogP contribution in [-0.2, 0) is 0 Å². The van der Waals surface area contributed by atoms with Gasteiger partial charge in [0.05, 0.1) is 0 Å². The zero-order valence-corrected chi connectivity index (χ0v) is 5.76. The lowest BCUT2D eigenvalue weighted by Crippen LogP contribution is -2.13. The van der Waals surface area contributed by atoms with Crippen molar-refractivity contribution in [2.75, 3.05) is 0 Å². The Labute approximate surface area is 59.8 Å². The van der Waals surface area contributed by atoms with Gasteiger partial charge in [-0.3, -0.25) is 0 Å². The number of aryl methyl sites for hydroxylation is 1. The van der Waals surface area contributed by atoms with Crippen LogP contribution in [0.1, 0.15) is 5.56 Å². The lowest BCUT2D eigenvalue weighted by atomic mass is 9.88. The van der Waals surface area contributed by atoms with Gasteiger partial charge in [0.2, 0.25) is 0 Å². The Bertz CT molecular complexity index is 237. The molecule has 0 aromatic heterocycles. The molecule has 0 amide bonds. The third kappa shape index (κ3) is 1.36. The van der Waals surface area contributed by atoms with E-state index in [2.05, 4.69) is 0 Å². The average molecular weight is 138 g/mol. The number of hydrogen-bond acceptors (Lipinski definition) is 1. The zero-order valence-electron chi connectivity index (χ0n) is 5.76. The molecular weight excluding hydrogens is 130 g/mol. The van der Waals surface area contributed by atoms with Crippen LogP contribution in [0.5, 0.6) is 0 Å². The Morgan fingerprint density at radius 1 is 1.50 bits per heavy atom. The van der Waals surface area contributed by atoms with E-state index >= 15 is 0 Å². The van der Waals surface area contributed by atoms with Gasteiger partial charge in [0.25, 0.3) is 0 Å². The van der Waals surface area contributed by atoms with Crippen LogP contribution in [0.3, 0.4) is 0 Å². The van der Waals surface area contributed by atoms with Crippen LogP contribution in [0.4, 0.5) is 4.39 Å². The summed E-state index contributed by atoms with van der Waals surface area (Å²) in [5.41, 5.74) is 1.22. The second kappa shape index (κ2) is 2.84. The molecule has 0 spiro atoms. The predicted octanol–water partition coefficient (Wildman–Crippen LogP) is 0.103. The first kappa shape index (κ1) is 7.28. The van der Waals surface area contributed by atoms with Gasteiger partial charge in [-0.1, -0.05) is 17.6 Å². The van der Waals surface area contributed by atoms with E-state index in [1.807, 2.05) is 0 Å². The van der Waals surface area contributed by atoms with E-state index in [-0.39, 0.29) is 13.3 Å². The van der Waals surface area contributed by atoms with Gasteiger partial charge in [-0.2, -0.15) is 0 Å². The summed E-state index contributed by atoms with van der Waals surface area (Å²) < 4.78 is 12.7. The van der Waals surface area contributed by atoms with Crippen LogP contribution in [0.2, 0.25) is 0 Å². The molecule has 0 heterocycles. The molecule has 1 nitrogen and oxygen atoms in total. The number of hydrogen-bond donors (Lipinski definition) is 1. The molecule has 1 aromatic rings. The van der Waals surface area contributed by atoms with Gasteiger partial charge in [0.1, 0.15) is 5.82 Å². The molecule has 0 bridgehead atoms. The summed E-state index contributed by atoms with van der Waals surface area (Å²) in [5, 5.41) is 8.59. The summed E-state index contributed by atoms with van der Waals surface area (Å²) in [6.07, 6.45) is 0. The molecule has 0 aliphatic heterocycles. The monoisotopic (exact) mass is 138 g/mol. The van der Waals surface area contributed by atoms with Gasteiger partial charge in [-0.25, -0.2) is 4.39 Å². The van der Waals surface area contributed by atoms with Crippen molar-refractivity contribution >= 4 is 12.9 Å². The van der Waals surface area contributed by atoms with E-state index < -0.39 is 0 Å². The summed E-state index contributed by atoms with van der Waals surface area (Å²) >= 11 is 0. The SMILES string of the molecule is Cc1ccc(BO)cc1F. The molecule has 0 radical (unpaired) electrons. The van der Waals surface area contributed by atoms with Crippen LogP contribution < -0.4 is 5.46 Å². The van der Waals surface area contributed by atoms with Crippen molar-refractivity contribution in [3.8, 4) is 0 Å². The smallest absolute Gasteiger partial charge is 0.304 e. The molecule has 0 aliphatic carbocycles. The van der Waals surface area contributed by atoms with Crippen molar-refractivity contribution < 1.29 is 9.41 Å². The first-order valence-corrected chi connectivity index (χ1v) is 3.10. The highest BCUT2D eigenvalue weighted by atomic mass is 19.1. The first-order chi connectivity index (χ1) is 4.74. The largest absolute Gasteiger partial charge is 0.449 e. The Kier molecular flexibility index (Phi) is 2.07. The van der Waals surface area contributed by atoms with Gasteiger partial charge in [-0.15, -0.1) is 0 Å². The number of rotatable bonds is 1.